The summed E-state index contributed by atoms with van der Waals surface area (Å²) in [4.78, 5) is 16.0. The number of hydrogen-bond donors (Lipinski definition) is 1. The van der Waals surface area contributed by atoms with Gasteiger partial charge in [0.1, 0.15) is 24.7 Å². The highest BCUT2D eigenvalue weighted by Crippen LogP contribution is 2.35. The first-order valence-corrected chi connectivity index (χ1v) is 10.9. The van der Waals surface area contributed by atoms with Crippen LogP contribution in [0.5, 0.6) is 11.5 Å². The number of fused-ring (bicyclic) bond motifs is 1. The Morgan fingerprint density at radius 2 is 1.88 bits per heavy atom. The maximum atomic E-state index is 12.9. The Morgan fingerprint density at radius 1 is 1.12 bits per heavy atom. The number of benzene rings is 2. The van der Waals surface area contributed by atoms with Gasteiger partial charge in [-0.15, -0.1) is 0 Å². The van der Waals surface area contributed by atoms with E-state index in [1.165, 1.54) is 6.08 Å². The Balaban J connectivity index is 1.42. The molecule has 34 heavy (non-hydrogen) atoms. The molecular formula is C23H19F3N4O3S. The fraction of sp³-hybridized carbons (Fsp3) is 0.217. The highest BCUT2D eigenvalue weighted by atomic mass is 32.2. The smallest absolute Gasteiger partial charge is 0.441 e. The molecule has 0 saturated carbocycles. The molecule has 1 N–H and O–H groups in total. The molecule has 0 unspecified atom stereocenters. The summed E-state index contributed by atoms with van der Waals surface area (Å²) in [6.45, 7) is 4.57. The highest BCUT2D eigenvalue weighted by molar-refractivity contribution is 8.27. The van der Waals surface area contributed by atoms with Gasteiger partial charge in [-0.1, -0.05) is 29.8 Å². The molecule has 0 aromatic heterocycles. The Labute approximate surface area is 197 Å². The van der Waals surface area contributed by atoms with Crippen molar-refractivity contribution < 1.29 is 27.4 Å². The number of ether oxygens (including phenoxy) is 2. The summed E-state index contributed by atoms with van der Waals surface area (Å²) in [6.07, 6.45) is -3.32. The minimum Gasteiger partial charge on any atom is -0.490 e. The molecule has 2 aliphatic rings. The van der Waals surface area contributed by atoms with Crippen LogP contribution in [0.15, 0.2) is 58.1 Å². The van der Waals surface area contributed by atoms with Gasteiger partial charge in [0.05, 0.1) is 5.57 Å². The van der Waals surface area contributed by atoms with Gasteiger partial charge in [-0.2, -0.15) is 28.3 Å². The molecule has 4 rings (SSSR count). The Bertz CT molecular complexity index is 1250. The number of aliphatic imine (C=N–C) groups is 1. The molecule has 2 aromatic rings. The van der Waals surface area contributed by atoms with Crippen molar-refractivity contribution in [2.75, 3.05) is 13.2 Å². The van der Waals surface area contributed by atoms with Crippen molar-refractivity contribution >= 4 is 39.8 Å². The maximum Gasteiger partial charge on any atom is 0.441 e. The third kappa shape index (κ3) is 5.14. The first kappa shape index (κ1) is 23.6. The summed E-state index contributed by atoms with van der Waals surface area (Å²) in [5.41, 5.74) is 2.52. The molecule has 0 aliphatic carbocycles. The van der Waals surface area contributed by atoms with Gasteiger partial charge in [0.2, 0.25) is 10.2 Å². The number of rotatable bonds is 6. The summed E-state index contributed by atoms with van der Waals surface area (Å²) in [5.74, 6) is -0.00415. The third-order valence-corrected chi connectivity index (χ3v) is 5.76. The highest BCUT2D eigenvalue weighted by Gasteiger charge is 2.46. The average Bonchev–Trinajstić information content (AvgIpc) is 3.20. The van der Waals surface area contributed by atoms with Crippen molar-refractivity contribution in [2.24, 2.45) is 10.1 Å². The van der Waals surface area contributed by atoms with Gasteiger partial charge in [-0.3, -0.25) is 10.2 Å². The zero-order valence-corrected chi connectivity index (χ0v) is 19.0. The first-order chi connectivity index (χ1) is 16.1. The number of hydrazone groups is 1. The zero-order valence-electron chi connectivity index (χ0n) is 18.1. The number of aryl methyl sites for hydroxylation is 2. The third-order valence-electron chi connectivity index (χ3n) is 4.81. The number of amidine groups is 2. The lowest BCUT2D eigenvalue weighted by Gasteiger charge is -2.20. The second-order valence-corrected chi connectivity index (χ2v) is 8.42. The average molecular weight is 488 g/mol. The van der Waals surface area contributed by atoms with Crippen LogP contribution in [-0.4, -0.2) is 46.4 Å². The molecule has 2 aliphatic heterocycles. The number of carbonyl (C=O) groups is 1. The van der Waals surface area contributed by atoms with Gasteiger partial charge in [-0.05, 0) is 61.0 Å². The van der Waals surface area contributed by atoms with Crippen LogP contribution in [0.25, 0.3) is 6.08 Å². The molecule has 0 fully saturated rings. The van der Waals surface area contributed by atoms with Crippen LogP contribution in [0.1, 0.15) is 16.7 Å². The Kier molecular flexibility index (Phi) is 6.47. The second kappa shape index (κ2) is 9.34. The van der Waals surface area contributed by atoms with E-state index in [0.717, 1.165) is 16.9 Å². The summed E-state index contributed by atoms with van der Waals surface area (Å²) in [5, 5.41) is 10.8. The van der Waals surface area contributed by atoms with Crippen LogP contribution < -0.4 is 9.47 Å². The molecule has 0 atom stereocenters. The van der Waals surface area contributed by atoms with E-state index in [9.17, 15) is 18.0 Å². The predicted octanol–water partition coefficient (Wildman–Crippen LogP) is 4.94. The van der Waals surface area contributed by atoms with Crippen molar-refractivity contribution in [3.63, 3.8) is 0 Å². The molecule has 1 amide bonds. The Hall–Kier alpha value is -3.60. The lowest BCUT2D eigenvalue weighted by Crippen LogP contribution is -2.35. The zero-order chi connectivity index (χ0) is 24.5. The Morgan fingerprint density at radius 3 is 2.62 bits per heavy atom. The van der Waals surface area contributed by atoms with E-state index in [1.807, 2.05) is 32.0 Å². The van der Waals surface area contributed by atoms with Crippen LogP contribution >= 0.6 is 11.8 Å². The van der Waals surface area contributed by atoms with E-state index in [4.69, 9.17) is 14.9 Å². The van der Waals surface area contributed by atoms with E-state index in [1.54, 1.807) is 24.3 Å². The molecule has 0 bridgehead atoms. The topological polar surface area (TPSA) is 87.3 Å². The molecule has 7 nitrogen and oxygen atoms in total. The number of halogens is 3. The number of nitrogens with one attached hydrogen (secondary N) is 1. The molecule has 2 heterocycles. The minimum atomic E-state index is -4.69. The summed E-state index contributed by atoms with van der Waals surface area (Å²) < 4.78 is 50.3. The van der Waals surface area contributed by atoms with Crippen molar-refractivity contribution in [3.05, 3.63) is 64.7 Å². The maximum absolute atomic E-state index is 12.9. The quantitative estimate of drug-likeness (QED) is 0.460. The molecule has 0 saturated heterocycles. The van der Waals surface area contributed by atoms with E-state index in [-0.39, 0.29) is 29.1 Å². The molecule has 176 valence electrons. The molecule has 0 radical (unpaired) electrons. The van der Waals surface area contributed by atoms with Crippen LogP contribution in [-0.2, 0) is 4.79 Å². The van der Waals surface area contributed by atoms with Crippen molar-refractivity contribution in [1.29, 1.82) is 5.41 Å². The minimum absolute atomic E-state index is 0.174. The van der Waals surface area contributed by atoms with Crippen LogP contribution in [0.4, 0.5) is 13.2 Å². The van der Waals surface area contributed by atoms with E-state index < -0.39 is 23.0 Å². The van der Waals surface area contributed by atoms with Crippen molar-refractivity contribution in [1.82, 2.24) is 5.01 Å². The number of hydrogen-bond acceptors (Lipinski definition) is 6. The van der Waals surface area contributed by atoms with Gasteiger partial charge >= 0.3 is 6.18 Å². The summed E-state index contributed by atoms with van der Waals surface area (Å²) in [6, 6.07) is 12.6. The summed E-state index contributed by atoms with van der Waals surface area (Å²) >= 11 is 0.211. The standard InChI is InChI=1S/C23H19F3N4O3S/c1-13-6-7-18(14(2)10-13)33-9-8-32-16-5-3-4-15(11-16)12-17-19(27)30-22(28-20(17)31)34-21(29-30)23(24,25)26/h3-7,10-12,27H,8-9H2,1-2H3/b17-12+,27-19?. The first-order valence-electron chi connectivity index (χ1n) is 10.1. The predicted molar refractivity (Wildman–Crippen MR) is 124 cm³/mol. The van der Waals surface area contributed by atoms with Crippen molar-refractivity contribution in [3.8, 4) is 11.5 Å². The second-order valence-electron chi connectivity index (χ2n) is 7.46. The largest absolute Gasteiger partial charge is 0.490 e. The molecule has 2 aromatic carbocycles. The molecule has 11 heteroatoms. The molecule has 0 spiro atoms. The SMILES string of the molecule is Cc1ccc(OCCOc2cccc(/C=C3\C(=N)N4N=C(C(F)(F)F)SC4=NC3=O)c2)c(C)c1. The van der Waals surface area contributed by atoms with Crippen LogP contribution in [0, 0.1) is 19.3 Å². The van der Waals surface area contributed by atoms with E-state index in [0.29, 0.717) is 22.9 Å². The monoisotopic (exact) mass is 488 g/mol. The fourth-order valence-corrected chi connectivity index (χ4v) is 4.00. The summed E-state index contributed by atoms with van der Waals surface area (Å²) in [7, 11) is 0. The number of nitrogens with zero attached hydrogens (tertiary/aromatic N) is 3. The van der Waals surface area contributed by atoms with Crippen LogP contribution in [0.3, 0.4) is 0 Å². The van der Waals surface area contributed by atoms with E-state index in [2.05, 4.69) is 10.1 Å². The number of thioether (sulfide) groups is 1. The van der Waals surface area contributed by atoms with Crippen LogP contribution in [0.2, 0.25) is 0 Å². The van der Waals surface area contributed by atoms with Gasteiger partial charge in [-0.25, -0.2) is 0 Å². The van der Waals surface area contributed by atoms with Gasteiger partial charge in [0.25, 0.3) is 5.91 Å². The number of amides is 1. The number of carbonyl (C=O) groups excluding carboxylic acids is 1. The van der Waals surface area contributed by atoms with Crippen molar-refractivity contribution in [2.45, 2.75) is 20.0 Å². The van der Waals surface area contributed by atoms with E-state index >= 15 is 0 Å². The number of alkyl halides is 3. The fourth-order valence-electron chi connectivity index (χ4n) is 3.24. The molecular weight excluding hydrogens is 469 g/mol. The van der Waals surface area contributed by atoms with Gasteiger partial charge < -0.3 is 9.47 Å². The van der Waals surface area contributed by atoms with Gasteiger partial charge in [0.15, 0.2) is 5.84 Å². The van der Waals surface area contributed by atoms with Gasteiger partial charge in [0, 0.05) is 0 Å². The lowest BCUT2D eigenvalue weighted by molar-refractivity contribution is -0.114. The lowest BCUT2D eigenvalue weighted by atomic mass is 10.1. The normalized spacial score (nSPS) is 17.0.